The Morgan fingerprint density at radius 3 is 2.65 bits per heavy atom. The van der Waals surface area contributed by atoms with Gasteiger partial charge in [0.1, 0.15) is 11.8 Å². The lowest BCUT2D eigenvalue weighted by atomic mass is 10.0. The van der Waals surface area contributed by atoms with Gasteiger partial charge in [-0.05, 0) is 49.1 Å². The highest BCUT2D eigenvalue weighted by atomic mass is 35.5. The van der Waals surface area contributed by atoms with Gasteiger partial charge in [0.2, 0.25) is 11.8 Å². The predicted octanol–water partition coefficient (Wildman–Crippen LogP) is 4.40. The largest absolute Gasteiger partial charge is 0.443 e. The van der Waals surface area contributed by atoms with E-state index in [0.717, 1.165) is 30.6 Å². The number of aromatic nitrogens is 1. The van der Waals surface area contributed by atoms with Gasteiger partial charge in [-0.25, -0.2) is 4.98 Å². The highest BCUT2D eigenvalue weighted by Crippen LogP contribution is 2.31. The molecule has 2 heterocycles. The van der Waals surface area contributed by atoms with Crippen LogP contribution in [-0.4, -0.2) is 34.8 Å². The molecule has 1 aliphatic heterocycles. The molecule has 7 heteroatoms. The molecule has 6 nitrogen and oxygen atoms in total. The van der Waals surface area contributed by atoms with Crippen LogP contribution in [0.1, 0.15) is 52.9 Å². The smallest absolute Gasteiger partial charge is 0.251 e. The second-order valence-corrected chi connectivity index (χ2v) is 8.05. The second-order valence-electron chi connectivity index (χ2n) is 7.62. The van der Waals surface area contributed by atoms with Gasteiger partial charge in [0.25, 0.3) is 5.91 Å². The number of nitrogens with one attached hydrogen (secondary N) is 1. The van der Waals surface area contributed by atoms with Crippen molar-refractivity contribution >= 4 is 23.4 Å². The zero-order valence-corrected chi connectivity index (χ0v) is 17.8. The number of nitrogens with zero attached hydrogens (tertiary/aromatic N) is 2. The summed E-state index contributed by atoms with van der Waals surface area (Å²) in [4.78, 5) is 31.4. The standard InChI is InChI=1S/C24H24ClN3O3/c25-19-11-9-17(10-12-19)14-20-15-27-24(31-20)21-8-4-5-13-28(21)22(29)16-26-23(30)18-6-2-1-3-7-18/h1-3,6-7,9-12,15,21H,4-5,8,13-14,16H2,(H,26,30)/t21-/m0/s1. The Bertz CT molecular complexity index is 1030. The van der Waals surface area contributed by atoms with Crippen LogP contribution >= 0.6 is 11.6 Å². The number of carbonyl (C=O) groups is 2. The Morgan fingerprint density at radius 1 is 1.10 bits per heavy atom. The van der Waals surface area contributed by atoms with Gasteiger partial charge >= 0.3 is 0 Å². The number of carbonyl (C=O) groups excluding carboxylic acids is 2. The number of hydrogen-bond donors (Lipinski definition) is 1. The molecule has 31 heavy (non-hydrogen) atoms. The molecule has 0 unspecified atom stereocenters. The Balaban J connectivity index is 1.40. The van der Waals surface area contributed by atoms with Gasteiger partial charge in [0.05, 0.1) is 12.7 Å². The molecule has 0 aliphatic carbocycles. The molecular formula is C24H24ClN3O3. The molecule has 1 saturated heterocycles. The third-order valence-electron chi connectivity index (χ3n) is 5.41. The summed E-state index contributed by atoms with van der Waals surface area (Å²) in [6.07, 6.45) is 5.04. The molecule has 0 bridgehead atoms. The molecule has 1 aromatic heterocycles. The van der Waals surface area contributed by atoms with E-state index in [2.05, 4.69) is 10.3 Å². The van der Waals surface area contributed by atoms with Crippen LogP contribution in [0.4, 0.5) is 0 Å². The number of rotatable bonds is 6. The Kier molecular flexibility index (Phi) is 6.67. The van der Waals surface area contributed by atoms with E-state index in [1.165, 1.54) is 0 Å². The first-order chi connectivity index (χ1) is 15.1. The third kappa shape index (κ3) is 5.33. The molecule has 2 aromatic carbocycles. The van der Waals surface area contributed by atoms with E-state index >= 15 is 0 Å². The highest BCUT2D eigenvalue weighted by molar-refractivity contribution is 6.30. The van der Waals surface area contributed by atoms with E-state index in [1.807, 2.05) is 30.3 Å². The lowest BCUT2D eigenvalue weighted by Gasteiger charge is -2.33. The number of benzene rings is 2. The van der Waals surface area contributed by atoms with Gasteiger partial charge in [-0.3, -0.25) is 9.59 Å². The maximum Gasteiger partial charge on any atom is 0.251 e. The summed E-state index contributed by atoms with van der Waals surface area (Å²) >= 11 is 5.95. The molecule has 0 radical (unpaired) electrons. The van der Waals surface area contributed by atoms with Gasteiger partial charge in [-0.1, -0.05) is 41.9 Å². The van der Waals surface area contributed by atoms with Crippen LogP contribution in [0.3, 0.4) is 0 Å². The van der Waals surface area contributed by atoms with Crippen molar-refractivity contribution in [3.8, 4) is 0 Å². The molecule has 1 N–H and O–H groups in total. The summed E-state index contributed by atoms with van der Waals surface area (Å²) in [5, 5.41) is 3.41. The van der Waals surface area contributed by atoms with Crippen molar-refractivity contribution < 1.29 is 14.0 Å². The Morgan fingerprint density at radius 2 is 1.87 bits per heavy atom. The summed E-state index contributed by atoms with van der Waals surface area (Å²) < 4.78 is 6.01. The average Bonchev–Trinajstić information content (AvgIpc) is 3.27. The number of halogens is 1. The van der Waals surface area contributed by atoms with Crippen LogP contribution in [-0.2, 0) is 11.2 Å². The van der Waals surface area contributed by atoms with Crippen LogP contribution in [0.25, 0.3) is 0 Å². The van der Waals surface area contributed by atoms with Crippen molar-refractivity contribution in [1.82, 2.24) is 15.2 Å². The van der Waals surface area contributed by atoms with E-state index in [9.17, 15) is 9.59 Å². The first-order valence-corrected chi connectivity index (χ1v) is 10.8. The first-order valence-electron chi connectivity index (χ1n) is 10.4. The monoisotopic (exact) mass is 437 g/mol. The van der Waals surface area contributed by atoms with Gasteiger partial charge < -0.3 is 14.6 Å². The van der Waals surface area contributed by atoms with E-state index in [1.54, 1.807) is 35.4 Å². The van der Waals surface area contributed by atoms with E-state index < -0.39 is 0 Å². The molecule has 0 spiro atoms. The van der Waals surface area contributed by atoms with E-state index in [0.29, 0.717) is 29.4 Å². The van der Waals surface area contributed by atoms with Gasteiger partial charge in [0.15, 0.2) is 0 Å². The summed E-state index contributed by atoms with van der Waals surface area (Å²) in [6.45, 7) is 0.572. The van der Waals surface area contributed by atoms with Crippen LogP contribution < -0.4 is 5.32 Å². The number of likely N-dealkylation sites (tertiary alicyclic amines) is 1. The minimum atomic E-state index is -0.260. The Labute approximate surface area is 186 Å². The van der Waals surface area contributed by atoms with Crippen LogP contribution in [0, 0.1) is 0 Å². The minimum Gasteiger partial charge on any atom is -0.443 e. The van der Waals surface area contributed by atoms with Crippen molar-refractivity contribution in [3.63, 3.8) is 0 Å². The fourth-order valence-electron chi connectivity index (χ4n) is 3.80. The highest BCUT2D eigenvalue weighted by Gasteiger charge is 2.31. The average molecular weight is 438 g/mol. The lowest BCUT2D eigenvalue weighted by molar-refractivity contribution is -0.134. The maximum atomic E-state index is 12.9. The van der Waals surface area contributed by atoms with Crippen LogP contribution in [0.2, 0.25) is 5.02 Å². The summed E-state index contributed by atoms with van der Waals surface area (Å²) in [7, 11) is 0. The van der Waals surface area contributed by atoms with Gasteiger partial charge in [-0.2, -0.15) is 0 Å². The zero-order chi connectivity index (χ0) is 21.6. The number of piperidine rings is 1. The van der Waals surface area contributed by atoms with Gasteiger partial charge in [0, 0.05) is 23.6 Å². The summed E-state index contributed by atoms with van der Waals surface area (Å²) in [5.41, 5.74) is 1.61. The van der Waals surface area contributed by atoms with Crippen molar-refractivity contribution in [1.29, 1.82) is 0 Å². The normalized spacial score (nSPS) is 16.2. The number of hydrogen-bond acceptors (Lipinski definition) is 4. The number of oxazole rings is 1. The van der Waals surface area contributed by atoms with Gasteiger partial charge in [-0.15, -0.1) is 0 Å². The SMILES string of the molecule is O=C(NCC(=O)N1CCCC[C@H]1c1ncc(Cc2ccc(Cl)cc2)o1)c1ccccc1. The summed E-state index contributed by atoms with van der Waals surface area (Å²) in [6, 6.07) is 16.3. The third-order valence-corrected chi connectivity index (χ3v) is 5.66. The predicted molar refractivity (Wildman–Crippen MR) is 118 cm³/mol. The van der Waals surface area contributed by atoms with Crippen molar-refractivity contribution in [2.24, 2.45) is 0 Å². The fraction of sp³-hybridized carbons (Fsp3) is 0.292. The molecule has 1 fully saturated rings. The molecule has 4 rings (SSSR count). The maximum absolute atomic E-state index is 12.9. The summed E-state index contributed by atoms with van der Waals surface area (Å²) in [5.74, 6) is 0.898. The Hall–Kier alpha value is -3.12. The van der Waals surface area contributed by atoms with Crippen molar-refractivity contribution in [2.45, 2.75) is 31.7 Å². The molecule has 160 valence electrons. The fourth-order valence-corrected chi connectivity index (χ4v) is 3.92. The molecule has 0 saturated carbocycles. The zero-order valence-electron chi connectivity index (χ0n) is 17.1. The molecule has 1 atom stereocenters. The molecular weight excluding hydrogens is 414 g/mol. The van der Waals surface area contributed by atoms with Crippen LogP contribution in [0.15, 0.2) is 65.2 Å². The lowest BCUT2D eigenvalue weighted by Crippen LogP contribution is -2.44. The minimum absolute atomic E-state index is 0.0530. The van der Waals surface area contributed by atoms with E-state index in [-0.39, 0.29) is 24.4 Å². The second kappa shape index (κ2) is 9.79. The molecule has 2 amide bonds. The molecule has 1 aliphatic rings. The first kappa shape index (κ1) is 21.1. The topological polar surface area (TPSA) is 75.4 Å². The van der Waals surface area contributed by atoms with Crippen molar-refractivity contribution in [3.05, 3.63) is 88.6 Å². The number of amides is 2. The quantitative estimate of drug-likeness (QED) is 0.620. The molecule has 3 aromatic rings. The van der Waals surface area contributed by atoms with Crippen molar-refractivity contribution in [2.75, 3.05) is 13.1 Å². The van der Waals surface area contributed by atoms with Crippen LogP contribution in [0.5, 0.6) is 0 Å². The van der Waals surface area contributed by atoms with E-state index in [4.69, 9.17) is 16.0 Å².